The number of hydrogen-bond donors (Lipinski definition) is 2. The predicted molar refractivity (Wildman–Crippen MR) is 85.8 cm³/mol. The van der Waals surface area contributed by atoms with E-state index in [1.54, 1.807) is 31.2 Å². The molecule has 2 rings (SSSR count). The zero-order valence-corrected chi connectivity index (χ0v) is 13.4. The molecule has 0 saturated heterocycles. The highest BCUT2D eigenvalue weighted by atomic mass is 16.5. The minimum atomic E-state index is -0.501. The minimum absolute atomic E-state index is 0.153. The SMILES string of the molecule is Cc1cc(CN(C)C(C)C(=O)Nc2ccc(C(N)=O)cc2)no1. The van der Waals surface area contributed by atoms with E-state index in [1.807, 2.05) is 24.9 Å². The summed E-state index contributed by atoms with van der Waals surface area (Å²) >= 11 is 0. The number of anilines is 1. The van der Waals surface area contributed by atoms with Crippen molar-refractivity contribution >= 4 is 17.5 Å². The van der Waals surface area contributed by atoms with E-state index in [2.05, 4.69) is 10.5 Å². The Kier molecular flexibility index (Phi) is 5.13. The van der Waals surface area contributed by atoms with Crippen LogP contribution in [0.3, 0.4) is 0 Å². The molecule has 122 valence electrons. The molecule has 0 aliphatic rings. The summed E-state index contributed by atoms with van der Waals surface area (Å²) in [6.07, 6.45) is 0. The van der Waals surface area contributed by atoms with Crippen molar-refractivity contribution in [3.05, 3.63) is 47.3 Å². The molecule has 2 aromatic rings. The van der Waals surface area contributed by atoms with Gasteiger partial charge in [-0.15, -0.1) is 0 Å². The van der Waals surface area contributed by atoms with E-state index >= 15 is 0 Å². The Bertz CT molecular complexity index is 694. The molecule has 0 bridgehead atoms. The number of carbonyl (C=O) groups excluding carboxylic acids is 2. The Morgan fingerprint density at radius 3 is 2.52 bits per heavy atom. The van der Waals surface area contributed by atoms with Gasteiger partial charge in [0.15, 0.2) is 0 Å². The topological polar surface area (TPSA) is 101 Å². The van der Waals surface area contributed by atoms with E-state index in [0.717, 1.165) is 11.5 Å². The van der Waals surface area contributed by atoms with Gasteiger partial charge in [0, 0.05) is 23.9 Å². The maximum atomic E-state index is 12.3. The van der Waals surface area contributed by atoms with E-state index in [4.69, 9.17) is 10.3 Å². The minimum Gasteiger partial charge on any atom is -0.366 e. The van der Waals surface area contributed by atoms with Crippen LogP contribution >= 0.6 is 0 Å². The number of nitrogens with two attached hydrogens (primary N) is 1. The average molecular weight is 316 g/mol. The fraction of sp³-hybridized carbons (Fsp3) is 0.312. The number of aromatic nitrogens is 1. The second-order valence-corrected chi connectivity index (χ2v) is 5.45. The molecule has 3 N–H and O–H groups in total. The number of nitrogens with zero attached hydrogens (tertiary/aromatic N) is 2. The first-order valence-corrected chi connectivity index (χ1v) is 7.20. The molecular formula is C16H20N4O3. The number of likely N-dealkylation sites (N-methyl/N-ethyl adjacent to an activating group) is 1. The highest BCUT2D eigenvalue weighted by Crippen LogP contribution is 2.12. The van der Waals surface area contributed by atoms with Gasteiger partial charge in [-0.2, -0.15) is 0 Å². The van der Waals surface area contributed by atoms with E-state index in [1.165, 1.54) is 0 Å². The van der Waals surface area contributed by atoms with E-state index in [0.29, 0.717) is 17.8 Å². The number of amides is 2. The van der Waals surface area contributed by atoms with Crippen molar-refractivity contribution in [2.24, 2.45) is 5.73 Å². The van der Waals surface area contributed by atoms with Crippen LogP contribution in [0.25, 0.3) is 0 Å². The van der Waals surface area contributed by atoms with Gasteiger partial charge in [-0.1, -0.05) is 5.16 Å². The number of aryl methyl sites for hydroxylation is 1. The smallest absolute Gasteiger partial charge is 0.248 e. The molecule has 1 unspecified atom stereocenters. The molecule has 7 heteroatoms. The first kappa shape index (κ1) is 16.7. The summed E-state index contributed by atoms with van der Waals surface area (Å²) in [7, 11) is 1.84. The molecule has 0 spiro atoms. The van der Waals surface area contributed by atoms with Gasteiger partial charge in [0.05, 0.1) is 11.7 Å². The maximum absolute atomic E-state index is 12.3. The molecule has 23 heavy (non-hydrogen) atoms. The van der Waals surface area contributed by atoms with Gasteiger partial charge in [-0.05, 0) is 45.2 Å². The van der Waals surface area contributed by atoms with Crippen LogP contribution in [0.15, 0.2) is 34.9 Å². The molecule has 7 nitrogen and oxygen atoms in total. The number of hydrogen-bond acceptors (Lipinski definition) is 5. The van der Waals surface area contributed by atoms with Gasteiger partial charge in [-0.25, -0.2) is 0 Å². The summed E-state index contributed by atoms with van der Waals surface area (Å²) in [5.41, 5.74) is 6.96. The first-order valence-electron chi connectivity index (χ1n) is 7.20. The summed E-state index contributed by atoms with van der Waals surface area (Å²) < 4.78 is 5.02. The molecule has 1 aromatic heterocycles. The molecule has 1 heterocycles. The number of primary amides is 1. The highest BCUT2D eigenvalue weighted by molar-refractivity contribution is 5.96. The van der Waals surface area contributed by atoms with E-state index in [9.17, 15) is 9.59 Å². The summed E-state index contributed by atoms with van der Waals surface area (Å²) in [4.78, 5) is 25.2. The Balaban J connectivity index is 1.94. The maximum Gasteiger partial charge on any atom is 0.248 e. The lowest BCUT2D eigenvalue weighted by atomic mass is 10.2. The second-order valence-electron chi connectivity index (χ2n) is 5.45. The largest absolute Gasteiger partial charge is 0.366 e. The summed E-state index contributed by atoms with van der Waals surface area (Å²) in [6.45, 7) is 4.13. The molecular weight excluding hydrogens is 296 g/mol. The van der Waals surface area contributed by atoms with Gasteiger partial charge >= 0.3 is 0 Å². The van der Waals surface area contributed by atoms with Gasteiger partial charge < -0.3 is 15.6 Å². The van der Waals surface area contributed by atoms with Crippen LogP contribution < -0.4 is 11.1 Å². The molecule has 0 aliphatic carbocycles. The third kappa shape index (κ3) is 4.40. The molecule has 0 radical (unpaired) electrons. The third-order valence-corrected chi connectivity index (χ3v) is 3.57. The number of rotatable bonds is 6. The number of carbonyl (C=O) groups is 2. The summed E-state index contributed by atoms with van der Waals surface area (Å²) in [5, 5.41) is 6.72. The molecule has 0 saturated carbocycles. The summed E-state index contributed by atoms with van der Waals surface area (Å²) in [6, 6.07) is 7.92. The van der Waals surface area contributed by atoms with Crippen LogP contribution in [0.4, 0.5) is 5.69 Å². The van der Waals surface area contributed by atoms with Crippen LogP contribution in [0.2, 0.25) is 0 Å². The van der Waals surface area contributed by atoms with Crippen LogP contribution in [-0.2, 0) is 11.3 Å². The van der Waals surface area contributed by atoms with Gasteiger partial charge in [0.2, 0.25) is 11.8 Å². The molecule has 0 aliphatic heterocycles. The van der Waals surface area contributed by atoms with Crippen molar-refractivity contribution in [1.82, 2.24) is 10.1 Å². The fourth-order valence-corrected chi connectivity index (χ4v) is 2.05. The monoisotopic (exact) mass is 316 g/mol. The zero-order chi connectivity index (χ0) is 17.0. The van der Waals surface area contributed by atoms with Crippen molar-refractivity contribution in [2.75, 3.05) is 12.4 Å². The van der Waals surface area contributed by atoms with Gasteiger partial charge in [0.25, 0.3) is 0 Å². The Hall–Kier alpha value is -2.67. The van der Waals surface area contributed by atoms with Crippen LogP contribution in [0.5, 0.6) is 0 Å². The van der Waals surface area contributed by atoms with E-state index < -0.39 is 5.91 Å². The predicted octanol–water partition coefficient (Wildman–Crippen LogP) is 1.54. The van der Waals surface area contributed by atoms with Crippen molar-refractivity contribution < 1.29 is 14.1 Å². The lowest BCUT2D eigenvalue weighted by Gasteiger charge is -2.22. The normalized spacial score (nSPS) is 12.2. The second kappa shape index (κ2) is 7.06. The van der Waals surface area contributed by atoms with Gasteiger partial charge in [0.1, 0.15) is 5.76 Å². The standard InChI is InChI=1S/C16H20N4O3/c1-10-8-14(19-23-10)9-20(3)11(2)16(22)18-13-6-4-12(5-7-13)15(17)21/h4-8,11H,9H2,1-3H3,(H2,17,21)(H,18,22). The van der Waals surface area contributed by atoms with E-state index in [-0.39, 0.29) is 11.9 Å². The summed E-state index contributed by atoms with van der Waals surface area (Å²) in [5.74, 6) is 0.0819. The van der Waals surface area contributed by atoms with Crippen LogP contribution in [-0.4, -0.2) is 35.0 Å². The molecule has 1 aromatic carbocycles. The van der Waals surface area contributed by atoms with Crippen molar-refractivity contribution in [1.29, 1.82) is 0 Å². The third-order valence-electron chi connectivity index (χ3n) is 3.57. The van der Waals surface area contributed by atoms with Crippen molar-refractivity contribution in [2.45, 2.75) is 26.4 Å². The Morgan fingerprint density at radius 1 is 1.35 bits per heavy atom. The first-order chi connectivity index (χ1) is 10.9. The molecule has 2 amide bonds. The van der Waals surface area contributed by atoms with Crippen molar-refractivity contribution in [3.63, 3.8) is 0 Å². The molecule has 0 fully saturated rings. The highest BCUT2D eigenvalue weighted by Gasteiger charge is 2.19. The number of benzene rings is 1. The Morgan fingerprint density at radius 2 is 2.00 bits per heavy atom. The van der Waals surface area contributed by atoms with Crippen molar-refractivity contribution in [3.8, 4) is 0 Å². The lowest BCUT2D eigenvalue weighted by molar-refractivity contribution is -0.120. The van der Waals surface area contributed by atoms with Gasteiger partial charge in [-0.3, -0.25) is 14.5 Å². The number of nitrogens with one attached hydrogen (secondary N) is 1. The molecule has 1 atom stereocenters. The average Bonchev–Trinajstić information content (AvgIpc) is 2.92. The lowest BCUT2D eigenvalue weighted by Crippen LogP contribution is -2.39. The fourth-order valence-electron chi connectivity index (χ4n) is 2.05. The quantitative estimate of drug-likeness (QED) is 0.841. The van der Waals surface area contributed by atoms with Crippen LogP contribution in [0.1, 0.15) is 28.7 Å². The van der Waals surface area contributed by atoms with Crippen LogP contribution in [0, 0.1) is 6.92 Å². The Labute approximate surface area is 134 Å². The zero-order valence-electron chi connectivity index (χ0n) is 13.4.